The molecule has 0 aromatic heterocycles. The third-order valence-electron chi connectivity index (χ3n) is 9.97. The quantitative estimate of drug-likeness (QED) is 0.180. The number of hydrogen-bond acceptors (Lipinski definition) is 0. The van der Waals surface area contributed by atoms with Crippen molar-refractivity contribution in [3.8, 4) is 33.4 Å². The highest BCUT2D eigenvalue weighted by Gasteiger charge is 2.24. The highest BCUT2D eigenvalue weighted by Crippen LogP contribution is 2.51. The summed E-state index contributed by atoms with van der Waals surface area (Å²) in [5.74, 6) is 0. The predicted molar refractivity (Wildman–Crippen MR) is 201 cm³/mol. The second-order valence-electron chi connectivity index (χ2n) is 13.2. The van der Waals surface area contributed by atoms with Crippen LogP contribution in [0.2, 0.25) is 0 Å². The van der Waals surface area contributed by atoms with E-state index in [1.165, 1.54) is 110 Å². The van der Waals surface area contributed by atoms with E-state index in [0.717, 1.165) is 0 Å². The highest BCUT2D eigenvalue weighted by atomic mass is 14.3. The van der Waals surface area contributed by atoms with E-state index in [-0.39, 0.29) is 0 Å². The van der Waals surface area contributed by atoms with Crippen molar-refractivity contribution in [2.45, 2.75) is 41.5 Å². The summed E-state index contributed by atoms with van der Waals surface area (Å²) < 4.78 is 0. The first-order valence-electron chi connectivity index (χ1n) is 16.4. The van der Waals surface area contributed by atoms with Crippen LogP contribution in [0.3, 0.4) is 0 Å². The van der Waals surface area contributed by atoms with Gasteiger partial charge in [0.1, 0.15) is 0 Å². The van der Waals surface area contributed by atoms with E-state index in [4.69, 9.17) is 0 Å². The molecule has 0 saturated carbocycles. The molecule has 0 aliphatic carbocycles. The first-order chi connectivity index (χ1) is 22.3. The van der Waals surface area contributed by atoms with Gasteiger partial charge in [-0.2, -0.15) is 0 Å². The summed E-state index contributed by atoms with van der Waals surface area (Å²) in [5.41, 5.74) is 15.9. The van der Waals surface area contributed by atoms with Crippen molar-refractivity contribution in [1.29, 1.82) is 0 Å². The second-order valence-corrected chi connectivity index (χ2v) is 13.2. The Morgan fingerprint density at radius 1 is 0.239 bits per heavy atom. The molecule has 0 unspecified atom stereocenters. The summed E-state index contributed by atoms with van der Waals surface area (Å²) in [6.45, 7) is 13.5. The lowest BCUT2D eigenvalue weighted by Gasteiger charge is -2.24. The Balaban J connectivity index is 1.60. The number of hydrogen-bond donors (Lipinski definition) is 0. The SMILES string of the molecule is Cc1cc(C)c(-c2c3ccccc3c(-c3c4ccccc4c(-c4c(C)cc(C)cc4C)c4ccccc34)c3ccccc23)c(C)c1. The molecular formula is C46H38. The van der Waals surface area contributed by atoms with E-state index in [2.05, 4.69) is 163 Å². The molecule has 46 heavy (non-hydrogen) atoms. The van der Waals surface area contributed by atoms with Gasteiger partial charge in [0.2, 0.25) is 0 Å². The highest BCUT2D eigenvalue weighted by molar-refractivity contribution is 6.30. The van der Waals surface area contributed by atoms with Gasteiger partial charge in [-0.25, -0.2) is 0 Å². The fraction of sp³-hybridized carbons (Fsp3) is 0.130. The van der Waals surface area contributed by atoms with Crippen LogP contribution in [0.4, 0.5) is 0 Å². The molecule has 0 aliphatic heterocycles. The summed E-state index contributed by atoms with van der Waals surface area (Å²) in [5, 5.41) is 10.4. The lowest BCUT2D eigenvalue weighted by Crippen LogP contribution is -1.97. The average Bonchev–Trinajstić information content (AvgIpc) is 3.04. The standard InChI is InChI=1S/C46H38/c1-27-23-29(3)41(30(4)24-27)43-33-15-7-11-19-37(33)45(38-20-12-8-16-34(38)43)46-39-21-13-9-17-35(39)44(36-18-10-14-22-40(36)46)42-31(5)25-28(2)26-32(42)6/h7-26H,1-6H3. The minimum Gasteiger partial charge on any atom is -0.0616 e. The molecule has 0 saturated heterocycles. The van der Waals surface area contributed by atoms with Crippen LogP contribution in [-0.4, -0.2) is 0 Å². The smallest absolute Gasteiger partial charge is 0.00139 e. The molecular weight excluding hydrogens is 553 g/mol. The zero-order valence-corrected chi connectivity index (χ0v) is 27.5. The minimum absolute atomic E-state index is 1.29. The predicted octanol–water partition coefficient (Wildman–Crippen LogP) is 13.2. The van der Waals surface area contributed by atoms with Crippen molar-refractivity contribution in [3.05, 3.63) is 155 Å². The number of rotatable bonds is 3. The van der Waals surface area contributed by atoms with E-state index in [1.807, 2.05) is 0 Å². The van der Waals surface area contributed by atoms with E-state index in [1.54, 1.807) is 0 Å². The zero-order valence-electron chi connectivity index (χ0n) is 27.5. The number of fused-ring (bicyclic) bond motifs is 4. The van der Waals surface area contributed by atoms with Gasteiger partial charge in [0.25, 0.3) is 0 Å². The van der Waals surface area contributed by atoms with Gasteiger partial charge >= 0.3 is 0 Å². The maximum Gasteiger partial charge on any atom is -0.00139 e. The summed E-state index contributed by atoms with van der Waals surface area (Å²) in [4.78, 5) is 0. The molecule has 0 bridgehead atoms. The third kappa shape index (κ3) is 4.21. The fourth-order valence-electron chi connectivity index (χ4n) is 8.48. The summed E-state index contributed by atoms with van der Waals surface area (Å²) in [6, 6.07) is 45.6. The normalized spacial score (nSPS) is 11.7. The van der Waals surface area contributed by atoms with Gasteiger partial charge in [-0.05, 0) is 140 Å². The molecule has 8 aromatic carbocycles. The van der Waals surface area contributed by atoms with Crippen molar-refractivity contribution in [3.63, 3.8) is 0 Å². The van der Waals surface area contributed by atoms with Gasteiger partial charge in [0.15, 0.2) is 0 Å². The van der Waals surface area contributed by atoms with E-state index in [9.17, 15) is 0 Å². The molecule has 0 spiro atoms. The molecule has 8 aromatic rings. The Hall–Kier alpha value is -5.20. The molecule has 0 nitrogen and oxygen atoms in total. The lowest BCUT2D eigenvalue weighted by molar-refractivity contribution is 1.33. The average molecular weight is 591 g/mol. The number of benzene rings is 8. The van der Waals surface area contributed by atoms with Crippen LogP contribution in [0, 0.1) is 41.5 Å². The third-order valence-corrected chi connectivity index (χ3v) is 9.97. The molecule has 0 heteroatoms. The van der Waals surface area contributed by atoms with Crippen molar-refractivity contribution in [2.75, 3.05) is 0 Å². The van der Waals surface area contributed by atoms with Gasteiger partial charge in [0.05, 0.1) is 0 Å². The largest absolute Gasteiger partial charge is 0.0616 e. The summed E-state index contributed by atoms with van der Waals surface area (Å²) in [6.07, 6.45) is 0. The van der Waals surface area contributed by atoms with Crippen LogP contribution in [0.15, 0.2) is 121 Å². The minimum atomic E-state index is 1.29. The topological polar surface area (TPSA) is 0 Å². The van der Waals surface area contributed by atoms with Crippen molar-refractivity contribution >= 4 is 43.1 Å². The molecule has 222 valence electrons. The lowest BCUT2D eigenvalue weighted by atomic mass is 9.79. The Bertz CT molecular complexity index is 2190. The Kier molecular flexibility index (Phi) is 6.59. The Morgan fingerprint density at radius 3 is 0.609 bits per heavy atom. The fourth-order valence-corrected chi connectivity index (χ4v) is 8.48. The first kappa shape index (κ1) is 28.3. The summed E-state index contributed by atoms with van der Waals surface area (Å²) in [7, 11) is 0. The maximum atomic E-state index is 2.34. The van der Waals surface area contributed by atoms with E-state index >= 15 is 0 Å². The zero-order chi connectivity index (χ0) is 31.7. The van der Waals surface area contributed by atoms with Crippen LogP contribution >= 0.6 is 0 Å². The Labute approximate surface area is 272 Å². The molecule has 0 heterocycles. The van der Waals surface area contributed by atoms with Crippen LogP contribution in [0.1, 0.15) is 33.4 Å². The summed E-state index contributed by atoms with van der Waals surface area (Å²) >= 11 is 0. The maximum absolute atomic E-state index is 2.34. The molecule has 0 N–H and O–H groups in total. The molecule has 0 radical (unpaired) electrons. The van der Waals surface area contributed by atoms with Crippen LogP contribution in [0.25, 0.3) is 76.5 Å². The second kappa shape index (κ2) is 10.7. The molecule has 0 fully saturated rings. The van der Waals surface area contributed by atoms with Gasteiger partial charge in [-0.3, -0.25) is 0 Å². The first-order valence-corrected chi connectivity index (χ1v) is 16.4. The van der Waals surface area contributed by atoms with E-state index < -0.39 is 0 Å². The van der Waals surface area contributed by atoms with Crippen LogP contribution < -0.4 is 0 Å². The molecule has 0 atom stereocenters. The molecule has 0 aliphatic rings. The van der Waals surface area contributed by atoms with Crippen LogP contribution in [-0.2, 0) is 0 Å². The monoisotopic (exact) mass is 590 g/mol. The molecule has 0 amide bonds. The van der Waals surface area contributed by atoms with Crippen molar-refractivity contribution in [2.24, 2.45) is 0 Å². The molecule has 8 rings (SSSR count). The van der Waals surface area contributed by atoms with Gasteiger partial charge < -0.3 is 0 Å². The van der Waals surface area contributed by atoms with Crippen molar-refractivity contribution in [1.82, 2.24) is 0 Å². The van der Waals surface area contributed by atoms with Gasteiger partial charge in [0, 0.05) is 0 Å². The van der Waals surface area contributed by atoms with Gasteiger partial charge in [-0.15, -0.1) is 0 Å². The Morgan fingerprint density at radius 2 is 0.413 bits per heavy atom. The number of aryl methyl sites for hydroxylation is 6. The van der Waals surface area contributed by atoms with E-state index in [0.29, 0.717) is 0 Å². The van der Waals surface area contributed by atoms with Gasteiger partial charge in [-0.1, -0.05) is 132 Å². The van der Waals surface area contributed by atoms with Crippen LogP contribution in [0.5, 0.6) is 0 Å². The van der Waals surface area contributed by atoms with Crippen molar-refractivity contribution < 1.29 is 0 Å².